The normalized spacial score (nSPS) is 10.4. The summed E-state index contributed by atoms with van der Waals surface area (Å²) in [7, 11) is 1.66. The number of nitrogens with one attached hydrogen (secondary N) is 1. The van der Waals surface area contributed by atoms with Crippen LogP contribution in [0.3, 0.4) is 0 Å². The van der Waals surface area contributed by atoms with E-state index >= 15 is 0 Å². The molecule has 0 saturated heterocycles. The summed E-state index contributed by atoms with van der Waals surface area (Å²) in [5.41, 5.74) is 3.03. The number of hydrogen-bond donors (Lipinski definition) is 1. The van der Waals surface area contributed by atoms with Crippen molar-refractivity contribution in [3.05, 3.63) is 36.3 Å². The van der Waals surface area contributed by atoms with Crippen LogP contribution >= 0.6 is 0 Å². The van der Waals surface area contributed by atoms with E-state index in [-0.39, 0.29) is 0 Å². The molecule has 5 nitrogen and oxygen atoms in total. The van der Waals surface area contributed by atoms with Crippen LogP contribution in [0.2, 0.25) is 0 Å². The summed E-state index contributed by atoms with van der Waals surface area (Å²) in [6.07, 6.45) is 6.43. The van der Waals surface area contributed by atoms with Crippen LogP contribution in [0.1, 0.15) is 12.5 Å². The molecular weight excluding hydrogens is 240 g/mol. The molecule has 2 aromatic heterocycles. The molecule has 0 bridgehead atoms. The van der Waals surface area contributed by atoms with Gasteiger partial charge in [-0.2, -0.15) is 0 Å². The van der Waals surface area contributed by atoms with Gasteiger partial charge < -0.3 is 10.1 Å². The van der Waals surface area contributed by atoms with E-state index in [1.54, 1.807) is 19.5 Å². The molecule has 0 spiro atoms. The zero-order chi connectivity index (χ0) is 13.5. The number of ether oxygens (including phenoxy) is 1. The molecule has 2 rings (SSSR count). The van der Waals surface area contributed by atoms with Gasteiger partial charge in [0.2, 0.25) is 5.95 Å². The van der Waals surface area contributed by atoms with Crippen molar-refractivity contribution in [3.8, 4) is 11.3 Å². The minimum Gasteiger partial charge on any atom is -0.383 e. The summed E-state index contributed by atoms with van der Waals surface area (Å²) in [6.45, 7) is 3.44. The molecule has 2 aromatic rings. The molecule has 5 heteroatoms. The number of anilines is 1. The van der Waals surface area contributed by atoms with E-state index in [1.807, 2.05) is 12.3 Å². The zero-order valence-corrected chi connectivity index (χ0v) is 11.3. The topological polar surface area (TPSA) is 59.9 Å². The molecule has 2 heterocycles. The quantitative estimate of drug-likeness (QED) is 0.805. The Balaban J connectivity index is 2.04. The first-order valence-electron chi connectivity index (χ1n) is 6.33. The Morgan fingerprint density at radius 3 is 2.47 bits per heavy atom. The van der Waals surface area contributed by atoms with Crippen molar-refractivity contribution in [2.24, 2.45) is 0 Å². The lowest BCUT2D eigenvalue weighted by atomic mass is 10.1. The van der Waals surface area contributed by atoms with Crippen LogP contribution in [0.25, 0.3) is 11.3 Å². The molecule has 19 heavy (non-hydrogen) atoms. The molecule has 0 atom stereocenters. The van der Waals surface area contributed by atoms with Gasteiger partial charge in [-0.15, -0.1) is 0 Å². The van der Waals surface area contributed by atoms with Crippen molar-refractivity contribution in [2.75, 3.05) is 25.6 Å². The second-order valence-electron chi connectivity index (χ2n) is 4.12. The maximum atomic E-state index is 4.95. The highest BCUT2D eigenvalue weighted by atomic mass is 16.5. The highest BCUT2D eigenvalue weighted by Crippen LogP contribution is 2.15. The number of nitrogens with zero attached hydrogens (tertiary/aromatic N) is 3. The first-order chi connectivity index (χ1) is 9.33. The molecule has 0 aromatic carbocycles. The van der Waals surface area contributed by atoms with Gasteiger partial charge in [-0.1, -0.05) is 13.0 Å². The molecule has 0 aliphatic rings. The smallest absolute Gasteiger partial charge is 0.222 e. The number of aromatic nitrogens is 3. The molecular formula is C14H18N4O. The van der Waals surface area contributed by atoms with Gasteiger partial charge in [0.15, 0.2) is 0 Å². The van der Waals surface area contributed by atoms with E-state index in [0.29, 0.717) is 19.1 Å². The van der Waals surface area contributed by atoms with Gasteiger partial charge in [-0.05, 0) is 18.1 Å². The third kappa shape index (κ3) is 3.72. The van der Waals surface area contributed by atoms with E-state index in [1.165, 1.54) is 5.56 Å². The van der Waals surface area contributed by atoms with Crippen LogP contribution in [0.4, 0.5) is 5.95 Å². The Morgan fingerprint density at radius 1 is 1.11 bits per heavy atom. The highest BCUT2D eigenvalue weighted by molar-refractivity contribution is 5.57. The fraction of sp³-hybridized carbons (Fsp3) is 0.357. The summed E-state index contributed by atoms with van der Waals surface area (Å²) in [5, 5.41) is 3.07. The highest BCUT2D eigenvalue weighted by Gasteiger charge is 2.01. The summed E-state index contributed by atoms with van der Waals surface area (Å²) in [6, 6.07) is 4.07. The van der Waals surface area contributed by atoms with E-state index in [9.17, 15) is 0 Å². The molecule has 0 amide bonds. The van der Waals surface area contributed by atoms with Gasteiger partial charge in [0, 0.05) is 37.8 Å². The van der Waals surface area contributed by atoms with Gasteiger partial charge in [0.05, 0.1) is 12.3 Å². The Labute approximate surface area is 113 Å². The van der Waals surface area contributed by atoms with Crippen LogP contribution in [-0.4, -0.2) is 35.2 Å². The average Bonchev–Trinajstić information content (AvgIpc) is 2.48. The molecule has 0 unspecified atom stereocenters. The Hall–Kier alpha value is -2.01. The van der Waals surface area contributed by atoms with Crippen LogP contribution < -0.4 is 5.32 Å². The van der Waals surface area contributed by atoms with Crippen molar-refractivity contribution in [3.63, 3.8) is 0 Å². The second kappa shape index (κ2) is 6.80. The SMILES string of the molecule is CCc1ccc(-c2cnc(NCCOC)nc2)nc1. The van der Waals surface area contributed by atoms with Gasteiger partial charge in [-0.3, -0.25) is 4.98 Å². The fourth-order valence-electron chi connectivity index (χ4n) is 1.62. The van der Waals surface area contributed by atoms with Crippen LogP contribution in [0.5, 0.6) is 0 Å². The Bertz CT molecular complexity index is 496. The first kappa shape index (κ1) is 13.4. The van der Waals surface area contributed by atoms with Crippen LogP contribution in [0.15, 0.2) is 30.7 Å². The van der Waals surface area contributed by atoms with Crippen LogP contribution in [-0.2, 0) is 11.2 Å². The predicted octanol–water partition coefficient (Wildman–Crippen LogP) is 2.16. The first-order valence-corrected chi connectivity index (χ1v) is 6.33. The molecule has 0 fully saturated rings. The number of rotatable bonds is 6. The van der Waals surface area contributed by atoms with E-state index in [2.05, 4.69) is 33.3 Å². The number of methoxy groups -OCH3 is 1. The fourth-order valence-corrected chi connectivity index (χ4v) is 1.62. The van der Waals surface area contributed by atoms with Crippen LogP contribution in [0, 0.1) is 0 Å². The second-order valence-corrected chi connectivity index (χ2v) is 4.12. The van der Waals surface area contributed by atoms with Crippen molar-refractivity contribution >= 4 is 5.95 Å². The van der Waals surface area contributed by atoms with Crippen molar-refractivity contribution in [1.29, 1.82) is 0 Å². The molecule has 0 aliphatic heterocycles. The minimum absolute atomic E-state index is 0.603. The van der Waals surface area contributed by atoms with Gasteiger partial charge in [0.25, 0.3) is 0 Å². The standard InChI is InChI=1S/C14H18N4O/c1-3-11-4-5-13(16-8-11)12-9-17-14(18-10-12)15-6-7-19-2/h4-5,8-10H,3,6-7H2,1-2H3,(H,15,17,18). The molecule has 0 aliphatic carbocycles. The lowest BCUT2D eigenvalue weighted by molar-refractivity contribution is 0.210. The lowest BCUT2D eigenvalue weighted by Crippen LogP contribution is -2.09. The molecule has 1 N–H and O–H groups in total. The zero-order valence-electron chi connectivity index (χ0n) is 11.3. The summed E-state index contributed by atoms with van der Waals surface area (Å²) in [4.78, 5) is 12.9. The maximum Gasteiger partial charge on any atom is 0.222 e. The van der Waals surface area contributed by atoms with Crippen molar-refractivity contribution in [2.45, 2.75) is 13.3 Å². The predicted molar refractivity (Wildman–Crippen MR) is 75.0 cm³/mol. The Kier molecular flexibility index (Phi) is 4.80. The summed E-state index contributed by atoms with van der Waals surface area (Å²) >= 11 is 0. The summed E-state index contributed by atoms with van der Waals surface area (Å²) < 4.78 is 4.95. The number of aryl methyl sites for hydroxylation is 1. The van der Waals surface area contributed by atoms with Gasteiger partial charge in [0.1, 0.15) is 0 Å². The number of hydrogen-bond acceptors (Lipinski definition) is 5. The van der Waals surface area contributed by atoms with Crippen molar-refractivity contribution in [1.82, 2.24) is 15.0 Å². The molecule has 0 saturated carbocycles. The van der Waals surface area contributed by atoms with Gasteiger partial charge >= 0.3 is 0 Å². The third-order valence-electron chi connectivity index (χ3n) is 2.77. The van der Waals surface area contributed by atoms with E-state index in [4.69, 9.17) is 4.74 Å². The monoisotopic (exact) mass is 258 g/mol. The average molecular weight is 258 g/mol. The molecule has 100 valence electrons. The van der Waals surface area contributed by atoms with E-state index in [0.717, 1.165) is 17.7 Å². The van der Waals surface area contributed by atoms with E-state index < -0.39 is 0 Å². The maximum absolute atomic E-state index is 4.95. The summed E-state index contributed by atoms with van der Waals surface area (Å²) in [5.74, 6) is 0.603. The minimum atomic E-state index is 0.603. The lowest BCUT2D eigenvalue weighted by Gasteiger charge is -2.05. The Morgan fingerprint density at radius 2 is 1.89 bits per heavy atom. The largest absolute Gasteiger partial charge is 0.383 e. The van der Waals surface area contributed by atoms with Crippen molar-refractivity contribution < 1.29 is 4.74 Å². The number of pyridine rings is 1. The third-order valence-corrected chi connectivity index (χ3v) is 2.77. The molecule has 0 radical (unpaired) electrons. The van der Waals surface area contributed by atoms with Gasteiger partial charge in [-0.25, -0.2) is 9.97 Å².